The van der Waals surface area contributed by atoms with Gasteiger partial charge in [0.25, 0.3) is 5.91 Å². The van der Waals surface area contributed by atoms with E-state index in [4.69, 9.17) is 16.3 Å². The van der Waals surface area contributed by atoms with Gasteiger partial charge in [0.2, 0.25) is 10.0 Å². The standard InChI is InChI=1S/C22H29ClN6O5S/c1-13-19(29(35(6,32)33)8-7-28(13)21(31)34-22(2,3)4)14-9-16(27-18(23)10-14)15-11-17(20(30)24-5)26-12-25-15/h9-13,19H,7-8H2,1-6H3,(H,24,30)/t13-,19+/m0/s1. The molecule has 2 amide bonds. The van der Waals surface area contributed by atoms with Crippen LogP contribution in [0.1, 0.15) is 49.8 Å². The molecule has 1 aliphatic heterocycles. The minimum absolute atomic E-state index is 0.0800. The molecular weight excluding hydrogens is 496 g/mol. The highest BCUT2D eigenvalue weighted by atomic mass is 35.5. The number of pyridine rings is 1. The van der Waals surface area contributed by atoms with E-state index in [0.29, 0.717) is 17.0 Å². The third-order valence-corrected chi connectivity index (χ3v) is 6.88. The van der Waals surface area contributed by atoms with Crippen LogP contribution in [0, 0.1) is 0 Å². The van der Waals surface area contributed by atoms with Crippen LogP contribution in [0.25, 0.3) is 11.4 Å². The first-order valence-electron chi connectivity index (χ1n) is 10.9. The molecule has 13 heteroatoms. The zero-order valence-corrected chi connectivity index (χ0v) is 22.0. The lowest BCUT2D eigenvalue weighted by atomic mass is 9.97. The Kier molecular flexibility index (Phi) is 7.68. The number of piperazine rings is 1. The SMILES string of the molecule is CNC(=O)c1cc(-c2cc([C@H]3[C@H](C)N(C(=O)OC(C)(C)C)CCN3S(C)(=O)=O)cc(Cl)n2)ncn1. The van der Waals surface area contributed by atoms with Gasteiger partial charge in [-0.3, -0.25) is 4.79 Å². The lowest BCUT2D eigenvalue weighted by Crippen LogP contribution is -2.57. The fraction of sp³-hybridized carbons (Fsp3) is 0.500. The second-order valence-corrected chi connectivity index (χ2v) is 11.5. The van der Waals surface area contributed by atoms with Crippen LogP contribution in [0.4, 0.5) is 4.79 Å². The molecule has 3 heterocycles. The average molecular weight is 525 g/mol. The summed E-state index contributed by atoms with van der Waals surface area (Å²) in [4.78, 5) is 38.9. The van der Waals surface area contributed by atoms with Gasteiger partial charge in [-0.1, -0.05) is 11.6 Å². The van der Waals surface area contributed by atoms with E-state index in [1.807, 2.05) is 0 Å². The van der Waals surface area contributed by atoms with Crippen molar-refractivity contribution in [2.75, 3.05) is 26.4 Å². The normalized spacial score (nSPS) is 19.3. The highest BCUT2D eigenvalue weighted by Crippen LogP contribution is 2.36. The van der Waals surface area contributed by atoms with E-state index in [9.17, 15) is 18.0 Å². The maximum Gasteiger partial charge on any atom is 0.410 e. The Labute approximate surface area is 209 Å². The first-order valence-corrected chi connectivity index (χ1v) is 13.1. The molecule has 1 saturated heterocycles. The Hall–Kier alpha value is -2.83. The van der Waals surface area contributed by atoms with Gasteiger partial charge in [-0.2, -0.15) is 4.31 Å². The van der Waals surface area contributed by atoms with Gasteiger partial charge in [0.1, 0.15) is 22.8 Å². The number of rotatable bonds is 4. The second kappa shape index (κ2) is 10.0. The number of nitrogens with zero attached hydrogens (tertiary/aromatic N) is 5. The summed E-state index contributed by atoms with van der Waals surface area (Å²) in [5.41, 5.74) is 0.617. The molecule has 0 radical (unpaired) electrons. The number of halogens is 1. The maximum absolute atomic E-state index is 12.9. The summed E-state index contributed by atoms with van der Waals surface area (Å²) >= 11 is 6.34. The van der Waals surface area contributed by atoms with Crippen LogP contribution in [0.2, 0.25) is 5.15 Å². The first-order chi connectivity index (χ1) is 16.2. The molecule has 190 valence electrons. The van der Waals surface area contributed by atoms with Crippen LogP contribution in [-0.2, 0) is 14.8 Å². The van der Waals surface area contributed by atoms with Crippen molar-refractivity contribution in [3.63, 3.8) is 0 Å². The monoisotopic (exact) mass is 524 g/mol. The first kappa shape index (κ1) is 26.8. The summed E-state index contributed by atoms with van der Waals surface area (Å²) in [7, 11) is -2.15. The number of hydrogen-bond acceptors (Lipinski definition) is 8. The number of nitrogens with one attached hydrogen (secondary N) is 1. The molecule has 2 atom stereocenters. The molecule has 11 nitrogen and oxygen atoms in total. The van der Waals surface area contributed by atoms with Gasteiger partial charge in [0.15, 0.2) is 0 Å². The fourth-order valence-corrected chi connectivity index (χ4v) is 5.26. The number of carbonyl (C=O) groups is 2. The Balaban J connectivity index is 2.08. The third-order valence-electron chi connectivity index (χ3n) is 5.42. The summed E-state index contributed by atoms with van der Waals surface area (Å²) in [5, 5.41) is 2.60. The highest BCUT2D eigenvalue weighted by Gasteiger charge is 2.42. The third kappa shape index (κ3) is 6.24. The van der Waals surface area contributed by atoms with Crippen LogP contribution in [0.3, 0.4) is 0 Å². The van der Waals surface area contributed by atoms with Crippen molar-refractivity contribution in [1.29, 1.82) is 0 Å². The van der Waals surface area contributed by atoms with Gasteiger partial charge in [0.05, 0.1) is 29.7 Å². The highest BCUT2D eigenvalue weighted by molar-refractivity contribution is 7.88. The molecule has 0 aromatic carbocycles. The topological polar surface area (TPSA) is 135 Å². The fourth-order valence-electron chi connectivity index (χ4n) is 3.92. The minimum atomic E-state index is -3.64. The minimum Gasteiger partial charge on any atom is -0.444 e. The van der Waals surface area contributed by atoms with Crippen LogP contribution < -0.4 is 5.32 Å². The maximum atomic E-state index is 12.9. The summed E-state index contributed by atoms with van der Waals surface area (Å²) in [6.45, 7) is 7.31. The number of sulfonamides is 1. The number of amides is 2. The van der Waals surface area contributed by atoms with Gasteiger partial charge in [-0.05, 0) is 51.5 Å². The van der Waals surface area contributed by atoms with E-state index in [1.54, 1.807) is 39.8 Å². The molecule has 2 aromatic heterocycles. The predicted octanol–water partition coefficient (Wildman–Crippen LogP) is 2.49. The van der Waals surface area contributed by atoms with E-state index in [0.717, 1.165) is 6.26 Å². The molecule has 0 aliphatic carbocycles. The predicted molar refractivity (Wildman–Crippen MR) is 130 cm³/mol. The van der Waals surface area contributed by atoms with E-state index >= 15 is 0 Å². The molecule has 2 aromatic rings. The number of aromatic nitrogens is 3. The van der Waals surface area contributed by atoms with Crippen LogP contribution in [0.5, 0.6) is 0 Å². The van der Waals surface area contributed by atoms with Crippen LogP contribution in [-0.4, -0.2) is 82.6 Å². The average Bonchev–Trinajstić information content (AvgIpc) is 2.76. The number of hydrogen-bond donors (Lipinski definition) is 1. The number of carbonyl (C=O) groups excluding carboxylic acids is 2. The van der Waals surface area contributed by atoms with Crippen molar-refractivity contribution in [3.8, 4) is 11.4 Å². The molecule has 0 unspecified atom stereocenters. The molecule has 35 heavy (non-hydrogen) atoms. The van der Waals surface area contributed by atoms with Crippen molar-refractivity contribution in [2.45, 2.75) is 45.4 Å². The number of ether oxygens (including phenoxy) is 1. The van der Waals surface area contributed by atoms with E-state index < -0.39 is 39.7 Å². The summed E-state index contributed by atoms with van der Waals surface area (Å²) in [5.74, 6) is -0.395. The Morgan fingerprint density at radius 1 is 1.14 bits per heavy atom. The molecule has 3 rings (SSSR count). The molecule has 1 fully saturated rings. The molecule has 0 spiro atoms. The zero-order valence-electron chi connectivity index (χ0n) is 20.4. The Bertz CT molecular complexity index is 1230. The van der Waals surface area contributed by atoms with Crippen molar-refractivity contribution >= 4 is 33.6 Å². The van der Waals surface area contributed by atoms with Gasteiger partial charge in [0, 0.05) is 20.1 Å². The molecule has 0 saturated carbocycles. The van der Waals surface area contributed by atoms with Crippen molar-refractivity contribution < 1.29 is 22.7 Å². The van der Waals surface area contributed by atoms with Crippen molar-refractivity contribution in [3.05, 3.63) is 40.9 Å². The molecule has 1 N–H and O–H groups in total. The molecule has 0 bridgehead atoms. The van der Waals surface area contributed by atoms with Crippen molar-refractivity contribution in [2.24, 2.45) is 0 Å². The molecular formula is C22H29ClN6O5S. The van der Waals surface area contributed by atoms with E-state index in [-0.39, 0.29) is 23.9 Å². The Morgan fingerprint density at radius 2 is 1.83 bits per heavy atom. The summed E-state index contributed by atoms with van der Waals surface area (Å²) in [6.07, 6.45) is 1.83. The van der Waals surface area contributed by atoms with Gasteiger partial charge < -0.3 is 15.0 Å². The lowest BCUT2D eigenvalue weighted by molar-refractivity contribution is -0.00204. The zero-order chi connectivity index (χ0) is 26.1. The van der Waals surface area contributed by atoms with Crippen LogP contribution >= 0.6 is 11.6 Å². The lowest BCUT2D eigenvalue weighted by Gasteiger charge is -2.45. The second-order valence-electron chi connectivity index (χ2n) is 9.21. The van der Waals surface area contributed by atoms with Gasteiger partial charge in [-0.15, -0.1) is 0 Å². The largest absolute Gasteiger partial charge is 0.444 e. The smallest absolute Gasteiger partial charge is 0.410 e. The molecule has 1 aliphatic rings. The van der Waals surface area contributed by atoms with Gasteiger partial charge in [-0.25, -0.2) is 28.2 Å². The Morgan fingerprint density at radius 3 is 2.43 bits per heavy atom. The van der Waals surface area contributed by atoms with Crippen LogP contribution in [0.15, 0.2) is 24.5 Å². The van der Waals surface area contributed by atoms with E-state index in [1.165, 1.54) is 28.6 Å². The van der Waals surface area contributed by atoms with Crippen molar-refractivity contribution in [1.82, 2.24) is 29.5 Å². The summed E-state index contributed by atoms with van der Waals surface area (Å²) < 4.78 is 32.3. The summed E-state index contributed by atoms with van der Waals surface area (Å²) in [6, 6.07) is 3.34. The quantitative estimate of drug-likeness (QED) is 0.603. The van der Waals surface area contributed by atoms with Gasteiger partial charge >= 0.3 is 6.09 Å². The van der Waals surface area contributed by atoms with E-state index in [2.05, 4.69) is 20.3 Å².